The number of nitrogens with zero attached hydrogens (tertiary/aromatic N) is 1. The summed E-state index contributed by atoms with van der Waals surface area (Å²) in [7, 11) is 2.02. The quantitative estimate of drug-likeness (QED) is 0.817. The Balaban J connectivity index is 1.97. The molecule has 0 aliphatic heterocycles. The largest absolute Gasteiger partial charge is 0.356 e. The Morgan fingerprint density at radius 1 is 1.00 bits per heavy atom. The lowest BCUT2D eigenvalue weighted by Crippen LogP contribution is -2.17. The molecule has 2 aromatic carbocycles. The van der Waals surface area contributed by atoms with E-state index in [9.17, 15) is 0 Å². The second-order valence-corrected chi connectivity index (χ2v) is 4.56. The zero-order valence-corrected chi connectivity index (χ0v) is 11.1. The molecule has 0 bridgehead atoms. The first kappa shape index (κ1) is 13.2. The Morgan fingerprint density at radius 3 is 2.26 bits per heavy atom. The lowest BCUT2D eigenvalue weighted by atomic mass is 10.2. The molecule has 0 atom stereocenters. The van der Waals surface area contributed by atoms with Gasteiger partial charge in [0.1, 0.15) is 0 Å². The van der Waals surface area contributed by atoms with Crippen LogP contribution in [-0.2, 0) is 6.54 Å². The van der Waals surface area contributed by atoms with Crippen LogP contribution in [0.15, 0.2) is 54.6 Å². The molecule has 1 N–H and O–H groups in total. The predicted molar refractivity (Wildman–Crippen MR) is 81.3 cm³/mol. The molecule has 0 amide bonds. The van der Waals surface area contributed by atoms with E-state index < -0.39 is 0 Å². The van der Waals surface area contributed by atoms with Gasteiger partial charge in [0.05, 0.1) is 6.54 Å². The molecular weight excluding hydrogens is 232 g/mol. The number of hydrogen-bond acceptors (Lipinski definition) is 2. The standard InChI is InChI=1S/C17H18N2/c1-3-13-19(2)14-15-9-11-17(12-10-15)18-16-7-5-4-6-8-16/h1,4-12,18H,13-14H2,2H3. The summed E-state index contributed by atoms with van der Waals surface area (Å²) >= 11 is 0. The highest BCUT2D eigenvalue weighted by Crippen LogP contribution is 2.17. The fourth-order valence-corrected chi connectivity index (χ4v) is 1.91. The second kappa shape index (κ2) is 6.63. The van der Waals surface area contributed by atoms with Crippen LogP contribution in [0.2, 0.25) is 0 Å². The van der Waals surface area contributed by atoms with E-state index in [1.54, 1.807) is 0 Å². The molecule has 0 heterocycles. The maximum Gasteiger partial charge on any atom is 0.0599 e. The van der Waals surface area contributed by atoms with Crippen molar-refractivity contribution in [2.75, 3.05) is 18.9 Å². The Labute approximate surface area is 115 Å². The fourth-order valence-electron chi connectivity index (χ4n) is 1.91. The van der Waals surface area contributed by atoms with E-state index in [1.807, 2.05) is 25.2 Å². The molecule has 0 spiro atoms. The van der Waals surface area contributed by atoms with Gasteiger partial charge in [-0.1, -0.05) is 36.3 Å². The van der Waals surface area contributed by atoms with Gasteiger partial charge in [0.15, 0.2) is 0 Å². The molecule has 0 aliphatic carbocycles. The normalized spacial score (nSPS) is 10.2. The van der Waals surface area contributed by atoms with E-state index in [2.05, 4.69) is 52.5 Å². The van der Waals surface area contributed by atoms with E-state index in [-0.39, 0.29) is 0 Å². The summed E-state index contributed by atoms with van der Waals surface area (Å²) in [5.74, 6) is 2.65. The van der Waals surface area contributed by atoms with Crippen molar-refractivity contribution in [3.63, 3.8) is 0 Å². The Morgan fingerprint density at radius 2 is 1.63 bits per heavy atom. The Kier molecular flexibility index (Phi) is 4.60. The molecule has 2 aromatic rings. The van der Waals surface area contributed by atoms with E-state index in [4.69, 9.17) is 6.42 Å². The lowest BCUT2D eigenvalue weighted by Gasteiger charge is -2.13. The predicted octanol–water partition coefficient (Wildman–Crippen LogP) is 3.50. The number of terminal acetylenes is 1. The monoisotopic (exact) mass is 250 g/mol. The molecule has 2 heteroatoms. The van der Waals surface area contributed by atoms with Crippen molar-refractivity contribution >= 4 is 11.4 Å². The minimum Gasteiger partial charge on any atom is -0.356 e. The lowest BCUT2D eigenvalue weighted by molar-refractivity contribution is 0.369. The Hall–Kier alpha value is -2.24. The van der Waals surface area contributed by atoms with E-state index in [0.29, 0.717) is 6.54 Å². The van der Waals surface area contributed by atoms with E-state index >= 15 is 0 Å². The molecular formula is C17H18N2. The van der Waals surface area contributed by atoms with Crippen molar-refractivity contribution in [1.29, 1.82) is 0 Å². The SMILES string of the molecule is C#CCN(C)Cc1ccc(Nc2ccccc2)cc1. The van der Waals surface area contributed by atoms with Gasteiger partial charge in [0, 0.05) is 17.9 Å². The van der Waals surface area contributed by atoms with Crippen molar-refractivity contribution in [2.45, 2.75) is 6.54 Å². The summed E-state index contributed by atoms with van der Waals surface area (Å²) in [6.07, 6.45) is 5.29. The van der Waals surface area contributed by atoms with Gasteiger partial charge < -0.3 is 5.32 Å². The smallest absolute Gasteiger partial charge is 0.0599 e. The third-order valence-corrected chi connectivity index (χ3v) is 2.83. The summed E-state index contributed by atoms with van der Waals surface area (Å²) in [6, 6.07) is 18.6. The number of anilines is 2. The first-order valence-electron chi connectivity index (χ1n) is 6.31. The minimum absolute atomic E-state index is 0.671. The van der Waals surface area contributed by atoms with Gasteiger partial charge in [0.2, 0.25) is 0 Å². The molecule has 0 saturated heterocycles. The highest BCUT2D eigenvalue weighted by molar-refractivity contribution is 5.59. The maximum atomic E-state index is 5.29. The van der Waals surface area contributed by atoms with Crippen LogP contribution in [0.5, 0.6) is 0 Å². The van der Waals surface area contributed by atoms with Crippen LogP contribution < -0.4 is 5.32 Å². The zero-order valence-electron chi connectivity index (χ0n) is 11.1. The highest BCUT2D eigenvalue weighted by atomic mass is 15.1. The van der Waals surface area contributed by atoms with Crippen molar-refractivity contribution in [3.05, 3.63) is 60.2 Å². The van der Waals surface area contributed by atoms with Crippen LogP contribution in [0, 0.1) is 12.3 Å². The molecule has 0 aromatic heterocycles. The third-order valence-electron chi connectivity index (χ3n) is 2.83. The van der Waals surface area contributed by atoms with Gasteiger partial charge in [-0.25, -0.2) is 0 Å². The van der Waals surface area contributed by atoms with Crippen LogP contribution in [0.1, 0.15) is 5.56 Å². The summed E-state index contributed by atoms with van der Waals surface area (Å²) in [6.45, 7) is 1.54. The first-order chi connectivity index (χ1) is 9.28. The number of rotatable bonds is 5. The molecule has 0 radical (unpaired) electrons. The summed E-state index contributed by atoms with van der Waals surface area (Å²) < 4.78 is 0. The van der Waals surface area contributed by atoms with Gasteiger partial charge in [0.25, 0.3) is 0 Å². The van der Waals surface area contributed by atoms with Crippen LogP contribution in [0.3, 0.4) is 0 Å². The van der Waals surface area contributed by atoms with E-state index in [0.717, 1.165) is 17.9 Å². The molecule has 0 aliphatic rings. The third kappa shape index (κ3) is 4.17. The maximum absolute atomic E-state index is 5.29. The molecule has 0 fully saturated rings. The van der Waals surface area contributed by atoms with Crippen molar-refractivity contribution < 1.29 is 0 Å². The Bertz CT molecular complexity index is 538. The van der Waals surface area contributed by atoms with Gasteiger partial charge in [-0.2, -0.15) is 0 Å². The van der Waals surface area contributed by atoms with Crippen molar-refractivity contribution in [1.82, 2.24) is 4.90 Å². The summed E-state index contributed by atoms with van der Waals surface area (Å²) in [5, 5.41) is 3.36. The zero-order chi connectivity index (χ0) is 13.5. The molecule has 0 unspecified atom stereocenters. The number of para-hydroxylation sites is 1. The first-order valence-corrected chi connectivity index (χ1v) is 6.31. The number of nitrogens with one attached hydrogen (secondary N) is 1. The molecule has 96 valence electrons. The fraction of sp³-hybridized carbons (Fsp3) is 0.176. The average molecular weight is 250 g/mol. The van der Waals surface area contributed by atoms with Crippen LogP contribution >= 0.6 is 0 Å². The topological polar surface area (TPSA) is 15.3 Å². The molecule has 2 rings (SSSR count). The van der Waals surface area contributed by atoms with Gasteiger partial charge >= 0.3 is 0 Å². The second-order valence-electron chi connectivity index (χ2n) is 4.56. The van der Waals surface area contributed by atoms with Crippen molar-refractivity contribution in [3.8, 4) is 12.3 Å². The molecule has 0 saturated carbocycles. The highest BCUT2D eigenvalue weighted by Gasteiger charge is 1.99. The van der Waals surface area contributed by atoms with E-state index in [1.165, 1.54) is 5.56 Å². The van der Waals surface area contributed by atoms with Crippen molar-refractivity contribution in [2.24, 2.45) is 0 Å². The van der Waals surface area contributed by atoms with Gasteiger partial charge in [-0.3, -0.25) is 4.90 Å². The summed E-state index contributed by atoms with van der Waals surface area (Å²) in [4.78, 5) is 2.11. The molecule has 2 nitrogen and oxygen atoms in total. The van der Waals surface area contributed by atoms with Gasteiger partial charge in [-0.05, 0) is 36.9 Å². The molecule has 19 heavy (non-hydrogen) atoms. The van der Waals surface area contributed by atoms with Crippen LogP contribution in [0.25, 0.3) is 0 Å². The average Bonchev–Trinajstić information content (AvgIpc) is 2.42. The number of hydrogen-bond donors (Lipinski definition) is 1. The van der Waals surface area contributed by atoms with Crippen LogP contribution in [-0.4, -0.2) is 18.5 Å². The minimum atomic E-state index is 0.671. The number of benzene rings is 2. The van der Waals surface area contributed by atoms with Crippen LogP contribution in [0.4, 0.5) is 11.4 Å². The summed E-state index contributed by atoms with van der Waals surface area (Å²) in [5.41, 5.74) is 3.45. The van der Waals surface area contributed by atoms with Gasteiger partial charge in [-0.15, -0.1) is 6.42 Å².